The number of hydrogen-bond donors (Lipinski definition) is 2. The molecule has 1 aromatic carbocycles. The number of phenolic OH excluding ortho intramolecular Hbond substituents is 2. The average molecular weight is 156 g/mol. The molecule has 0 bridgehead atoms. The van der Waals surface area contributed by atoms with Crippen molar-refractivity contribution in [3.05, 3.63) is 23.0 Å². The number of rotatable bonds is 0. The third-order valence-electron chi connectivity index (χ3n) is 1.74. The van der Waals surface area contributed by atoms with Gasteiger partial charge >= 0.3 is 0 Å². The van der Waals surface area contributed by atoms with Gasteiger partial charge in [-0.2, -0.15) is 0 Å². The smallest absolute Gasteiger partial charge is 0.194 e. The molecule has 0 aromatic heterocycles. The fourth-order valence-corrected chi connectivity index (χ4v) is 0.844. The van der Waals surface area contributed by atoms with Crippen LogP contribution in [0.1, 0.15) is 11.1 Å². The van der Waals surface area contributed by atoms with Gasteiger partial charge in [-0.05, 0) is 31.0 Å². The van der Waals surface area contributed by atoms with E-state index in [1.165, 1.54) is 6.07 Å². The van der Waals surface area contributed by atoms with E-state index >= 15 is 0 Å². The molecule has 0 saturated carbocycles. The lowest BCUT2D eigenvalue weighted by Gasteiger charge is -2.05. The first kappa shape index (κ1) is 7.85. The summed E-state index contributed by atoms with van der Waals surface area (Å²) in [4.78, 5) is 0. The summed E-state index contributed by atoms with van der Waals surface area (Å²) in [6.07, 6.45) is 0. The summed E-state index contributed by atoms with van der Waals surface area (Å²) >= 11 is 0. The Hall–Kier alpha value is -1.25. The van der Waals surface area contributed by atoms with Gasteiger partial charge in [-0.1, -0.05) is 0 Å². The molecule has 0 amide bonds. The maximum absolute atomic E-state index is 12.6. The Labute approximate surface area is 63.9 Å². The molecular formula is C8H9FO2. The van der Waals surface area contributed by atoms with Crippen LogP contribution in [0.4, 0.5) is 4.39 Å². The standard InChI is InChI=1S/C8H9FO2/c1-4-3-6(9)8(11)7(10)5(4)2/h3,10-11H,1-2H3. The molecule has 3 heteroatoms. The summed E-state index contributed by atoms with van der Waals surface area (Å²) in [5.74, 6) is -1.83. The molecule has 0 aliphatic rings. The van der Waals surface area contributed by atoms with Crippen LogP contribution in [-0.4, -0.2) is 10.2 Å². The molecule has 11 heavy (non-hydrogen) atoms. The predicted molar refractivity (Wildman–Crippen MR) is 39.2 cm³/mol. The summed E-state index contributed by atoms with van der Waals surface area (Å²) in [5, 5.41) is 18.0. The van der Waals surface area contributed by atoms with Crippen LogP contribution in [0, 0.1) is 19.7 Å². The summed E-state index contributed by atoms with van der Waals surface area (Å²) in [7, 11) is 0. The topological polar surface area (TPSA) is 40.5 Å². The molecule has 0 heterocycles. The van der Waals surface area contributed by atoms with Gasteiger partial charge < -0.3 is 10.2 Å². The lowest BCUT2D eigenvalue weighted by Crippen LogP contribution is -1.86. The Morgan fingerprint density at radius 3 is 2.27 bits per heavy atom. The minimum absolute atomic E-state index is 0.373. The Morgan fingerprint density at radius 2 is 1.73 bits per heavy atom. The molecule has 1 aromatic rings. The van der Waals surface area contributed by atoms with Gasteiger partial charge in [-0.3, -0.25) is 0 Å². The SMILES string of the molecule is Cc1cc(F)c(O)c(O)c1C. The number of benzene rings is 1. The molecule has 0 aliphatic heterocycles. The molecule has 0 unspecified atom stereocenters. The number of hydrogen-bond acceptors (Lipinski definition) is 2. The highest BCUT2D eigenvalue weighted by molar-refractivity contribution is 5.48. The summed E-state index contributed by atoms with van der Waals surface area (Å²) in [5.41, 5.74) is 1.13. The first-order valence-corrected chi connectivity index (χ1v) is 3.21. The average Bonchev–Trinajstić information content (AvgIpc) is 1.97. The number of aromatic hydroxyl groups is 2. The van der Waals surface area contributed by atoms with E-state index in [1.54, 1.807) is 13.8 Å². The van der Waals surface area contributed by atoms with Crippen LogP contribution < -0.4 is 0 Å². The van der Waals surface area contributed by atoms with Crippen LogP contribution in [0.5, 0.6) is 11.5 Å². The van der Waals surface area contributed by atoms with Crippen molar-refractivity contribution in [1.82, 2.24) is 0 Å². The van der Waals surface area contributed by atoms with Crippen LogP contribution >= 0.6 is 0 Å². The second-order valence-corrected chi connectivity index (χ2v) is 2.50. The van der Waals surface area contributed by atoms with Gasteiger partial charge in [0.15, 0.2) is 17.3 Å². The Morgan fingerprint density at radius 1 is 1.18 bits per heavy atom. The molecular weight excluding hydrogens is 147 g/mol. The van der Waals surface area contributed by atoms with E-state index in [1.807, 2.05) is 0 Å². The third kappa shape index (κ3) is 1.13. The first-order chi connectivity index (χ1) is 5.04. The lowest BCUT2D eigenvalue weighted by molar-refractivity contribution is 0.376. The highest BCUT2D eigenvalue weighted by Gasteiger charge is 2.10. The van der Waals surface area contributed by atoms with Crippen molar-refractivity contribution < 1.29 is 14.6 Å². The van der Waals surface area contributed by atoms with Gasteiger partial charge in [0.1, 0.15) is 0 Å². The van der Waals surface area contributed by atoms with Crippen molar-refractivity contribution in [1.29, 1.82) is 0 Å². The molecule has 1 rings (SSSR count). The maximum Gasteiger partial charge on any atom is 0.194 e. The zero-order valence-electron chi connectivity index (χ0n) is 6.35. The van der Waals surface area contributed by atoms with Gasteiger partial charge in [0.25, 0.3) is 0 Å². The molecule has 0 radical (unpaired) electrons. The minimum atomic E-state index is -0.786. The van der Waals surface area contributed by atoms with E-state index in [0.29, 0.717) is 11.1 Å². The van der Waals surface area contributed by atoms with Crippen LogP contribution in [-0.2, 0) is 0 Å². The summed E-state index contributed by atoms with van der Waals surface area (Å²) in [6, 6.07) is 1.18. The number of halogens is 1. The Bertz CT molecular complexity index is 268. The van der Waals surface area contributed by atoms with Crippen LogP contribution in [0.2, 0.25) is 0 Å². The third-order valence-corrected chi connectivity index (χ3v) is 1.74. The monoisotopic (exact) mass is 156 g/mol. The largest absolute Gasteiger partial charge is 0.504 e. The predicted octanol–water partition coefficient (Wildman–Crippen LogP) is 1.85. The van der Waals surface area contributed by atoms with Gasteiger partial charge in [-0.15, -0.1) is 0 Å². The molecule has 0 saturated heterocycles. The van der Waals surface area contributed by atoms with E-state index in [-0.39, 0.29) is 5.75 Å². The van der Waals surface area contributed by atoms with E-state index < -0.39 is 11.6 Å². The van der Waals surface area contributed by atoms with Crippen LogP contribution in [0.3, 0.4) is 0 Å². The van der Waals surface area contributed by atoms with E-state index in [2.05, 4.69) is 0 Å². The van der Waals surface area contributed by atoms with Crippen molar-refractivity contribution >= 4 is 0 Å². The van der Waals surface area contributed by atoms with Gasteiger partial charge in [0.05, 0.1) is 0 Å². The molecule has 0 atom stereocenters. The summed E-state index contributed by atoms with van der Waals surface area (Å²) in [6.45, 7) is 3.28. The lowest BCUT2D eigenvalue weighted by atomic mass is 10.1. The minimum Gasteiger partial charge on any atom is -0.504 e. The maximum atomic E-state index is 12.6. The van der Waals surface area contributed by atoms with Crippen molar-refractivity contribution in [2.24, 2.45) is 0 Å². The van der Waals surface area contributed by atoms with Crippen molar-refractivity contribution in [3.63, 3.8) is 0 Å². The number of phenols is 2. The zero-order chi connectivity index (χ0) is 8.59. The zero-order valence-corrected chi connectivity index (χ0v) is 6.35. The molecule has 0 aliphatic carbocycles. The van der Waals surface area contributed by atoms with Gasteiger partial charge in [0.2, 0.25) is 0 Å². The van der Waals surface area contributed by atoms with Crippen LogP contribution in [0.25, 0.3) is 0 Å². The van der Waals surface area contributed by atoms with Gasteiger partial charge in [-0.25, -0.2) is 4.39 Å². The number of aryl methyl sites for hydroxylation is 1. The van der Waals surface area contributed by atoms with E-state index in [4.69, 9.17) is 10.2 Å². The Kier molecular flexibility index (Phi) is 1.72. The van der Waals surface area contributed by atoms with Crippen molar-refractivity contribution in [2.45, 2.75) is 13.8 Å². The Balaban J connectivity index is 3.46. The van der Waals surface area contributed by atoms with E-state index in [0.717, 1.165) is 0 Å². The van der Waals surface area contributed by atoms with Crippen molar-refractivity contribution in [3.8, 4) is 11.5 Å². The molecule has 2 N–H and O–H groups in total. The van der Waals surface area contributed by atoms with Crippen LogP contribution in [0.15, 0.2) is 6.07 Å². The molecule has 0 spiro atoms. The second kappa shape index (κ2) is 2.42. The van der Waals surface area contributed by atoms with Gasteiger partial charge in [0, 0.05) is 0 Å². The molecule has 60 valence electrons. The summed E-state index contributed by atoms with van der Waals surface area (Å²) < 4.78 is 12.6. The highest BCUT2D eigenvalue weighted by atomic mass is 19.1. The molecule has 0 fully saturated rings. The normalized spacial score (nSPS) is 10.1. The fourth-order valence-electron chi connectivity index (χ4n) is 0.844. The quantitative estimate of drug-likeness (QED) is 0.563. The molecule has 2 nitrogen and oxygen atoms in total. The second-order valence-electron chi connectivity index (χ2n) is 2.50. The first-order valence-electron chi connectivity index (χ1n) is 3.21. The van der Waals surface area contributed by atoms with E-state index in [9.17, 15) is 4.39 Å². The van der Waals surface area contributed by atoms with Crippen molar-refractivity contribution in [2.75, 3.05) is 0 Å². The highest BCUT2D eigenvalue weighted by Crippen LogP contribution is 2.32. The fraction of sp³-hybridized carbons (Fsp3) is 0.250.